The lowest BCUT2D eigenvalue weighted by atomic mass is 9.91. The van der Waals surface area contributed by atoms with Gasteiger partial charge in [0.15, 0.2) is 17.5 Å². The molecule has 0 amide bonds. The highest BCUT2D eigenvalue weighted by Gasteiger charge is 2.19. The van der Waals surface area contributed by atoms with E-state index in [4.69, 9.17) is 34.9 Å². The van der Waals surface area contributed by atoms with Crippen LogP contribution in [-0.4, -0.2) is 44.9 Å². The molecule has 0 aliphatic heterocycles. The molecule has 6 aromatic heterocycles. The van der Waals surface area contributed by atoms with Gasteiger partial charge in [-0.05, 0) is 106 Å². The van der Waals surface area contributed by atoms with Crippen molar-refractivity contribution in [1.82, 2.24) is 44.9 Å². The number of hydrogen-bond acceptors (Lipinski definition) is 9. The monoisotopic (exact) mass is 767 g/mol. The third-order valence-corrected chi connectivity index (χ3v) is 11.1. The smallest absolute Gasteiger partial charge is 0.164 e. The largest absolute Gasteiger partial charge is 0.254 e. The summed E-state index contributed by atoms with van der Waals surface area (Å²) < 4.78 is 0. The lowest BCUT2D eigenvalue weighted by molar-refractivity contribution is 1.07. The molecule has 0 aliphatic rings. The second kappa shape index (κ2) is 13.6. The topological polar surface area (TPSA) is 116 Å². The number of benzene rings is 6. The highest BCUT2D eigenvalue weighted by atomic mass is 15.0. The molecule has 12 rings (SSSR count). The quantitative estimate of drug-likeness (QED) is 0.125. The Morgan fingerprint density at radius 1 is 0.267 bits per heavy atom. The number of rotatable bonds is 5. The van der Waals surface area contributed by atoms with Gasteiger partial charge in [-0.1, -0.05) is 66.7 Å². The van der Waals surface area contributed by atoms with E-state index in [0.29, 0.717) is 17.5 Å². The van der Waals surface area contributed by atoms with Crippen molar-refractivity contribution >= 4 is 65.4 Å². The molecule has 9 nitrogen and oxygen atoms in total. The van der Waals surface area contributed by atoms with E-state index in [9.17, 15) is 0 Å². The summed E-state index contributed by atoms with van der Waals surface area (Å²) >= 11 is 0. The third-order valence-electron chi connectivity index (χ3n) is 11.1. The SMILES string of the molecule is c1ccc(-c2nc(-c3cc(-c4cc5cccnc5c5ncccc45)cc(-c4cc5cccnc5c5ncccc45)c3)nc(-c3ccc4cc5nccnc5cc4c3)n2)cc1. The van der Waals surface area contributed by atoms with Crippen molar-refractivity contribution < 1.29 is 0 Å². The van der Waals surface area contributed by atoms with Gasteiger partial charge in [-0.2, -0.15) is 0 Å². The van der Waals surface area contributed by atoms with Crippen LogP contribution in [-0.2, 0) is 0 Å². The first kappa shape index (κ1) is 33.7. The average Bonchev–Trinajstić information content (AvgIpc) is 3.32. The minimum Gasteiger partial charge on any atom is -0.254 e. The first-order valence-corrected chi connectivity index (χ1v) is 19.6. The molecule has 0 N–H and O–H groups in total. The maximum Gasteiger partial charge on any atom is 0.164 e. The molecule has 12 aromatic rings. The standard InChI is InChI=1S/C51H29N9/c1-2-8-30(9-3-1)49-58-50(34-15-14-31-28-43-44(29-35(31)22-34)53-21-20-52-43)60-51(59-49)38-24-36(41-26-32-10-4-16-54-45(32)47-39(41)12-6-18-56-47)23-37(25-38)42-27-33-11-5-17-55-46(33)48-40(42)13-7-19-57-48/h1-29H. The summed E-state index contributed by atoms with van der Waals surface area (Å²) in [7, 11) is 0. The predicted molar refractivity (Wildman–Crippen MR) is 239 cm³/mol. The van der Waals surface area contributed by atoms with E-state index in [1.165, 1.54) is 0 Å². The highest BCUT2D eigenvalue weighted by Crippen LogP contribution is 2.41. The Kier molecular flexibility index (Phi) is 7.64. The van der Waals surface area contributed by atoms with Crippen LogP contribution in [0.5, 0.6) is 0 Å². The molecule has 60 heavy (non-hydrogen) atoms. The number of pyridine rings is 4. The number of fused-ring (bicyclic) bond motifs is 8. The Bertz CT molecular complexity index is 3550. The Balaban J connectivity index is 1.14. The molecule has 0 aliphatic carbocycles. The van der Waals surface area contributed by atoms with Crippen LogP contribution in [0.1, 0.15) is 0 Å². The van der Waals surface area contributed by atoms with E-state index >= 15 is 0 Å². The van der Waals surface area contributed by atoms with Gasteiger partial charge in [0.2, 0.25) is 0 Å². The molecule has 278 valence electrons. The summed E-state index contributed by atoms with van der Waals surface area (Å²) in [5.74, 6) is 1.68. The maximum atomic E-state index is 5.27. The van der Waals surface area contributed by atoms with Gasteiger partial charge in [0.1, 0.15) is 0 Å². The van der Waals surface area contributed by atoms with Crippen molar-refractivity contribution in [1.29, 1.82) is 0 Å². The zero-order valence-corrected chi connectivity index (χ0v) is 31.8. The summed E-state index contributed by atoms with van der Waals surface area (Å²) in [5, 5.41) is 6.07. The molecule has 0 bridgehead atoms. The first-order chi connectivity index (χ1) is 29.7. The molecule has 0 unspecified atom stereocenters. The van der Waals surface area contributed by atoms with Crippen LogP contribution < -0.4 is 0 Å². The van der Waals surface area contributed by atoms with E-state index in [1.54, 1.807) is 12.4 Å². The van der Waals surface area contributed by atoms with Crippen LogP contribution in [0.3, 0.4) is 0 Å². The summed E-state index contributed by atoms with van der Waals surface area (Å²) in [5.41, 5.74) is 11.7. The van der Waals surface area contributed by atoms with Gasteiger partial charge >= 0.3 is 0 Å². The Morgan fingerprint density at radius 2 is 0.767 bits per heavy atom. The number of hydrogen-bond donors (Lipinski definition) is 0. The summed E-state index contributed by atoms with van der Waals surface area (Å²) in [6.45, 7) is 0. The molecule has 0 saturated carbocycles. The van der Waals surface area contributed by atoms with E-state index in [0.717, 1.165) is 104 Å². The fourth-order valence-electron chi connectivity index (χ4n) is 8.30. The zero-order valence-electron chi connectivity index (χ0n) is 31.8. The molecule has 6 aromatic carbocycles. The second-order valence-corrected chi connectivity index (χ2v) is 14.7. The molecule has 0 radical (unpaired) electrons. The molecular formula is C51H29N9. The van der Waals surface area contributed by atoms with Crippen LogP contribution in [0.25, 0.3) is 122 Å². The summed E-state index contributed by atoms with van der Waals surface area (Å²) in [6, 6.07) is 47.7. The summed E-state index contributed by atoms with van der Waals surface area (Å²) in [4.78, 5) is 43.8. The number of nitrogens with zero attached hydrogens (tertiary/aromatic N) is 9. The maximum absolute atomic E-state index is 5.27. The van der Waals surface area contributed by atoms with Crippen molar-refractivity contribution in [2.24, 2.45) is 0 Å². The Morgan fingerprint density at radius 3 is 1.37 bits per heavy atom. The van der Waals surface area contributed by atoms with Crippen molar-refractivity contribution in [2.75, 3.05) is 0 Å². The van der Waals surface area contributed by atoms with E-state index in [-0.39, 0.29) is 0 Å². The average molecular weight is 768 g/mol. The third kappa shape index (κ3) is 5.67. The van der Waals surface area contributed by atoms with E-state index in [2.05, 4.69) is 94.9 Å². The van der Waals surface area contributed by atoms with Gasteiger partial charge in [0.25, 0.3) is 0 Å². The summed E-state index contributed by atoms with van der Waals surface area (Å²) in [6.07, 6.45) is 10.7. The minimum absolute atomic E-state index is 0.543. The zero-order chi connectivity index (χ0) is 39.6. The van der Waals surface area contributed by atoms with Crippen LogP contribution in [0.2, 0.25) is 0 Å². The van der Waals surface area contributed by atoms with Crippen molar-refractivity contribution in [3.63, 3.8) is 0 Å². The lowest BCUT2D eigenvalue weighted by Gasteiger charge is -2.16. The first-order valence-electron chi connectivity index (χ1n) is 19.6. The van der Waals surface area contributed by atoms with Crippen molar-refractivity contribution in [3.8, 4) is 56.4 Å². The molecule has 6 heterocycles. The van der Waals surface area contributed by atoms with Crippen molar-refractivity contribution in [2.45, 2.75) is 0 Å². The van der Waals surface area contributed by atoms with Gasteiger partial charge in [-0.3, -0.25) is 29.9 Å². The van der Waals surface area contributed by atoms with Gasteiger partial charge in [-0.15, -0.1) is 0 Å². The van der Waals surface area contributed by atoms with E-state index < -0.39 is 0 Å². The number of aromatic nitrogens is 9. The molecule has 9 heteroatoms. The van der Waals surface area contributed by atoms with Crippen LogP contribution in [0.15, 0.2) is 177 Å². The molecule has 0 fully saturated rings. The molecule has 0 spiro atoms. The van der Waals surface area contributed by atoms with Gasteiger partial charge in [0.05, 0.1) is 33.1 Å². The van der Waals surface area contributed by atoms with Crippen LogP contribution >= 0.6 is 0 Å². The lowest BCUT2D eigenvalue weighted by Crippen LogP contribution is -2.01. The normalized spacial score (nSPS) is 11.7. The van der Waals surface area contributed by atoms with Gasteiger partial charge < -0.3 is 0 Å². The fraction of sp³-hybridized carbons (Fsp3) is 0. The Labute approximate surface area is 342 Å². The van der Waals surface area contributed by atoms with Crippen LogP contribution in [0, 0.1) is 0 Å². The van der Waals surface area contributed by atoms with E-state index in [1.807, 2.05) is 79.4 Å². The second-order valence-electron chi connectivity index (χ2n) is 14.7. The predicted octanol–water partition coefficient (Wildman–Crippen LogP) is 11.5. The highest BCUT2D eigenvalue weighted by molar-refractivity contribution is 6.12. The minimum atomic E-state index is 0.543. The van der Waals surface area contributed by atoms with Gasteiger partial charge in [0, 0.05) is 75.4 Å². The van der Waals surface area contributed by atoms with Crippen molar-refractivity contribution in [3.05, 3.63) is 177 Å². The molecule has 0 atom stereocenters. The molecular weight excluding hydrogens is 739 g/mol. The Hall–Kier alpha value is -8.43. The fourth-order valence-corrected chi connectivity index (χ4v) is 8.30. The molecule has 0 saturated heterocycles. The van der Waals surface area contributed by atoms with Gasteiger partial charge in [-0.25, -0.2) is 15.0 Å². The van der Waals surface area contributed by atoms with Crippen LogP contribution in [0.4, 0.5) is 0 Å².